The number of nitrogens with one attached hydrogen (secondary N) is 2. The molecule has 1 atom stereocenters. The van der Waals surface area contributed by atoms with Crippen LogP contribution in [0.25, 0.3) is 0 Å². The van der Waals surface area contributed by atoms with Crippen molar-refractivity contribution < 1.29 is 9.59 Å². The van der Waals surface area contributed by atoms with Crippen molar-refractivity contribution >= 4 is 28.8 Å². The molecule has 0 aliphatic carbocycles. The van der Waals surface area contributed by atoms with E-state index in [1.165, 1.54) is 11.3 Å². The van der Waals surface area contributed by atoms with Gasteiger partial charge in [-0.1, -0.05) is 52.0 Å². The van der Waals surface area contributed by atoms with Crippen LogP contribution in [-0.4, -0.2) is 17.9 Å². The summed E-state index contributed by atoms with van der Waals surface area (Å²) in [5.74, 6) is 0.161. The number of carbonyl (C=O) groups is 2. The van der Waals surface area contributed by atoms with Gasteiger partial charge in [0.25, 0.3) is 5.91 Å². The standard InChI is InChI=1S/C20H26N2O2S/c1-12(2)15-8-6-9-16(13(3)4)18(15)22-19(23)14(5)21-20(24)17-10-7-11-25-17/h6-14H,1-5H3,(H,21,24)(H,22,23). The maximum atomic E-state index is 12.6. The Morgan fingerprint density at radius 1 is 0.920 bits per heavy atom. The Morgan fingerprint density at radius 2 is 1.52 bits per heavy atom. The molecule has 1 aromatic carbocycles. The third-order valence-corrected chi connectivity index (χ3v) is 4.98. The first-order chi connectivity index (χ1) is 11.8. The Hall–Kier alpha value is -2.14. The van der Waals surface area contributed by atoms with Gasteiger partial charge in [-0.05, 0) is 41.3 Å². The third kappa shape index (κ3) is 4.69. The highest BCUT2D eigenvalue weighted by atomic mass is 32.1. The van der Waals surface area contributed by atoms with Crippen LogP contribution in [0.5, 0.6) is 0 Å². The molecule has 1 aromatic heterocycles. The molecular weight excluding hydrogens is 332 g/mol. The minimum atomic E-state index is -0.616. The first-order valence-corrected chi connectivity index (χ1v) is 9.47. The van der Waals surface area contributed by atoms with Crippen LogP contribution in [0.4, 0.5) is 5.69 Å². The molecule has 0 aliphatic rings. The van der Waals surface area contributed by atoms with Gasteiger partial charge in [0, 0.05) is 5.69 Å². The van der Waals surface area contributed by atoms with E-state index in [1.54, 1.807) is 13.0 Å². The molecule has 0 aliphatic heterocycles. The molecule has 2 N–H and O–H groups in total. The second-order valence-corrected chi connectivity index (χ2v) is 7.73. The van der Waals surface area contributed by atoms with Crippen LogP contribution in [0.1, 0.15) is 67.3 Å². The van der Waals surface area contributed by atoms with Crippen molar-refractivity contribution in [1.82, 2.24) is 5.32 Å². The van der Waals surface area contributed by atoms with E-state index in [4.69, 9.17) is 0 Å². The van der Waals surface area contributed by atoms with Gasteiger partial charge in [0.05, 0.1) is 4.88 Å². The fourth-order valence-corrected chi connectivity index (χ4v) is 3.29. The fraction of sp³-hybridized carbons (Fsp3) is 0.400. The topological polar surface area (TPSA) is 58.2 Å². The summed E-state index contributed by atoms with van der Waals surface area (Å²) in [7, 11) is 0. The number of thiophene rings is 1. The van der Waals surface area contributed by atoms with E-state index >= 15 is 0 Å². The molecule has 2 rings (SSSR count). The monoisotopic (exact) mass is 358 g/mol. The lowest BCUT2D eigenvalue weighted by Crippen LogP contribution is -2.41. The summed E-state index contributed by atoms with van der Waals surface area (Å²) >= 11 is 1.36. The van der Waals surface area contributed by atoms with Gasteiger partial charge in [-0.25, -0.2) is 0 Å². The van der Waals surface area contributed by atoms with Crippen molar-refractivity contribution in [3.63, 3.8) is 0 Å². The third-order valence-electron chi connectivity index (χ3n) is 4.11. The Morgan fingerprint density at radius 3 is 2.00 bits per heavy atom. The van der Waals surface area contributed by atoms with Gasteiger partial charge in [0.1, 0.15) is 6.04 Å². The van der Waals surface area contributed by atoms with Gasteiger partial charge in [-0.2, -0.15) is 0 Å². The van der Waals surface area contributed by atoms with E-state index in [1.807, 2.05) is 29.6 Å². The molecular formula is C20H26N2O2S. The van der Waals surface area contributed by atoms with Gasteiger partial charge in [-0.15, -0.1) is 11.3 Å². The Labute approximate surface area is 153 Å². The normalized spacial score (nSPS) is 12.3. The van der Waals surface area contributed by atoms with Gasteiger partial charge >= 0.3 is 0 Å². The molecule has 0 saturated heterocycles. The zero-order chi connectivity index (χ0) is 18.6. The summed E-state index contributed by atoms with van der Waals surface area (Å²) in [5.41, 5.74) is 3.09. The highest BCUT2D eigenvalue weighted by molar-refractivity contribution is 7.12. The van der Waals surface area contributed by atoms with E-state index in [0.29, 0.717) is 16.7 Å². The maximum absolute atomic E-state index is 12.6. The molecule has 2 amide bonds. The largest absolute Gasteiger partial charge is 0.340 e. The first kappa shape index (κ1) is 19.2. The maximum Gasteiger partial charge on any atom is 0.261 e. The average Bonchev–Trinajstić information content (AvgIpc) is 3.08. The minimum absolute atomic E-state index is 0.208. The smallest absolute Gasteiger partial charge is 0.261 e. The SMILES string of the molecule is CC(NC(=O)c1cccs1)C(=O)Nc1c(C(C)C)cccc1C(C)C. The van der Waals surface area contributed by atoms with E-state index in [2.05, 4.69) is 38.3 Å². The summed E-state index contributed by atoms with van der Waals surface area (Å²) in [6.07, 6.45) is 0. The van der Waals surface area contributed by atoms with E-state index in [9.17, 15) is 9.59 Å². The summed E-state index contributed by atoms with van der Waals surface area (Å²) in [4.78, 5) is 25.4. The highest BCUT2D eigenvalue weighted by Gasteiger charge is 2.21. The Bertz CT molecular complexity index is 710. The molecule has 0 spiro atoms. The van der Waals surface area contributed by atoms with Crippen LogP contribution >= 0.6 is 11.3 Å². The number of carbonyl (C=O) groups excluding carboxylic acids is 2. The van der Waals surface area contributed by atoms with Crippen molar-refractivity contribution in [3.05, 3.63) is 51.7 Å². The number of anilines is 1. The van der Waals surface area contributed by atoms with Crippen molar-refractivity contribution in [2.45, 2.75) is 52.5 Å². The predicted octanol–water partition coefficient (Wildman–Crippen LogP) is 4.75. The van der Waals surface area contributed by atoms with Crippen molar-refractivity contribution in [1.29, 1.82) is 0 Å². The fourth-order valence-electron chi connectivity index (χ4n) is 2.67. The summed E-state index contributed by atoms with van der Waals surface area (Å²) in [6.45, 7) is 10.1. The summed E-state index contributed by atoms with van der Waals surface area (Å²) in [5, 5.41) is 7.64. The molecule has 2 aromatic rings. The molecule has 0 bridgehead atoms. The second kappa shape index (κ2) is 8.30. The van der Waals surface area contributed by atoms with Crippen LogP contribution in [0.2, 0.25) is 0 Å². The molecule has 0 fully saturated rings. The van der Waals surface area contributed by atoms with Crippen LogP contribution in [0.3, 0.4) is 0 Å². The van der Waals surface area contributed by atoms with E-state index in [-0.39, 0.29) is 11.8 Å². The number of hydrogen-bond acceptors (Lipinski definition) is 3. The molecule has 134 valence electrons. The lowest BCUT2D eigenvalue weighted by Gasteiger charge is -2.22. The van der Waals surface area contributed by atoms with Crippen molar-refractivity contribution in [3.8, 4) is 0 Å². The predicted molar refractivity (Wildman–Crippen MR) is 104 cm³/mol. The van der Waals surface area contributed by atoms with Crippen LogP contribution in [0, 0.1) is 0 Å². The van der Waals surface area contributed by atoms with Gasteiger partial charge in [0.15, 0.2) is 0 Å². The van der Waals surface area contributed by atoms with Crippen molar-refractivity contribution in [2.24, 2.45) is 0 Å². The van der Waals surface area contributed by atoms with Crippen LogP contribution in [0.15, 0.2) is 35.7 Å². The number of rotatable bonds is 6. The molecule has 0 saturated carbocycles. The zero-order valence-electron chi connectivity index (χ0n) is 15.4. The molecule has 5 heteroatoms. The molecule has 1 unspecified atom stereocenters. The first-order valence-electron chi connectivity index (χ1n) is 8.59. The average molecular weight is 359 g/mol. The summed E-state index contributed by atoms with van der Waals surface area (Å²) in [6, 6.07) is 9.06. The van der Waals surface area contributed by atoms with Crippen molar-refractivity contribution in [2.75, 3.05) is 5.32 Å². The van der Waals surface area contributed by atoms with Crippen LogP contribution < -0.4 is 10.6 Å². The minimum Gasteiger partial charge on any atom is -0.340 e. The molecule has 4 nitrogen and oxygen atoms in total. The highest BCUT2D eigenvalue weighted by Crippen LogP contribution is 2.32. The van der Waals surface area contributed by atoms with Gasteiger partial charge in [0.2, 0.25) is 5.91 Å². The molecule has 25 heavy (non-hydrogen) atoms. The number of benzene rings is 1. The Balaban J connectivity index is 2.18. The van der Waals surface area contributed by atoms with Crippen LogP contribution in [-0.2, 0) is 4.79 Å². The summed E-state index contributed by atoms with van der Waals surface area (Å²) < 4.78 is 0. The number of para-hydroxylation sites is 1. The second-order valence-electron chi connectivity index (χ2n) is 6.78. The lowest BCUT2D eigenvalue weighted by atomic mass is 9.92. The molecule has 1 heterocycles. The zero-order valence-corrected chi connectivity index (χ0v) is 16.2. The van der Waals surface area contributed by atoms with E-state index < -0.39 is 6.04 Å². The van der Waals surface area contributed by atoms with Gasteiger partial charge in [-0.3, -0.25) is 9.59 Å². The van der Waals surface area contributed by atoms with E-state index in [0.717, 1.165) is 16.8 Å². The lowest BCUT2D eigenvalue weighted by molar-refractivity contribution is -0.117. The number of hydrogen-bond donors (Lipinski definition) is 2. The quantitative estimate of drug-likeness (QED) is 0.783. The molecule has 0 radical (unpaired) electrons. The number of amides is 2. The van der Waals surface area contributed by atoms with Gasteiger partial charge < -0.3 is 10.6 Å². The Kier molecular flexibility index (Phi) is 6.37.